The number of thiophene rings is 1. The van der Waals surface area contributed by atoms with E-state index in [0.717, 1.165) is 12.1 Å². The Balaban J connectivity index is 2.04. The first-order valence-corrected chi connectivity index (χ1v) is 9.29. The third kappa shape index (κ3) is 5.56. The van der Waals surface area contributed by atoms with Crippen molar-refractivity contribution in [3.63, 3.8) is 0 Å². The van der Waals surface area contributed by atoms with Gasteiger partial charge in [-0.25, -0.2) is 0 Å². The van der Waals surface area contributed by atoms with Crippen LogP contribution >= 0.6 is 11.3 Å². The molecule has 0 saturated heterocycles. The second-order valence-electron chi connectivity index (χ2n) is 6.52. The summed E-state index contributed by atoms with van der Waals surface area (Å²) in [5, 5.41) is 7.24. The van der Waals surface area contributed by atoms with Gasteiger partial charge in [-0.15, -0.1) is 11.3 Å². The van der Waals surface area contributed by atoms with E-state index >= 15 is 0 Å². The van der Waals surface area contributed by atoms with Crippen LogP contribution in [-0.2, 0) is 11.0 Å². The van der Waals surface area contributed by atoms with Crippen molar-refractivity contribution in [1.29, 1.82) is 0 Å². The summed E-state index contributed by atoms with van der Waals surface area (Å²) in [6.45, 7) is 5.29. The Morgan fingerprint density at radius 2 is 1.63 bits per heavy atom. The predicted molar refractivity (Wildman–Crippen MR) is 98.4 cm³/mol. The molecule has 0 bridgehead atoms. The van der Waals surface area contributed by atoms with Crippen LogP contribution in [0.3, 0.4) is 0 Å². The van der Waals surface area contributed by atoms with Gasteiger partial charge in [0.05, 0.1) is 16.5 Å². The van der Waals surface area contributed by atoms with Crippen LogP contribution in [0.2, 0.25) is 0 Å². The first kappa shape index (κ1) is 21.0. The van der Waals surface area contributed by atoms with Crippen molar-refractivity contribution in [2.75, 3.05) is 0 Å². The van der Waals surface area contributed by atoms with Gasteiger partial charge in [0.15, 0.2) is 0 Å². The zero-order valence-corrected chi connectivity index (χ0v) is 15.9. The third-order valence-corrected chi connectivity index (χ3v) is 4.95. The molecule has 2 rings (SSSR count). The van der Waals surface area contributed by atoms with Gasteiger partial charge in [0.2, 0.25) is 5.91 Å². The van der Waals surface area contributed by atoms with Crippen LogP contribution in [0.5, 0.6) is 0 Å². The first-order valence-electron chi connectivity index (χ1n) is 8.41. The van der Waals surface area contributed by atoms with Crippen LogP contribution < -0.4 is 10.6 Å². The Hall–Kier alpha value is -2.35. The SMILES string of the molecule is CC(C)[C@@H](NC(=O)c1cccs1)C(=O)N[C@H](C)c1ccc(C(F)(F)F)cc1. The lowest BCUT2D eigenvalue weighted by molar-refractivity contribution is -0.137. The zero-order chi connectivity index (χ0) is 20.2. The lowest BCUT2D eigenvalue weighted by Gasteiger charge is -2.24. The fourth-order valence-corrected chi connectivity index (χ4v) is 3.13. The van der Waals surface area contributed by atoms with Gasteiger partial charge in [0.25, 0.3) is 5.91 Å². The molecular weight excluding hydrogens is 377 g/mol. The molecule has 0 aliphatic carbocycles. The molecule has 0 spiro atoms. The highest BCUT2D eigenvalue weighted by Crippen LogP contribution is 2.29. The number of nitrogens with one attached hydrogen (secondary N) is 2. The highest BCUT2D eigenvalue weighted by atomic mass is 32.1. The van der Waals surface area contributed by atoms with Gasteiger partial charge in [-0.3, -0.25) is 9.59 Å². The van der Waals surface area contributed by atoms with E-state index in [4.69, 9.17) is 0 Å². The number of alkyl halides is 3. The fourth-order valence-electron chi connectivity index (χ4n) is 2.50. The lowest BCUT2D eigenvalue weighted by atomic mass is 10.0. The van der Waals surface area contributed by atoms with Crippen molar-refractivity contribution in [1.82, 2.24) is 10.6 Å². The molecule has 1 aromatic carbocycles. The maximum Gasteiger partial charge on any atom is 0.416 e. The van der Waals surface area contributed by atoms with Gasteiger partial charge < -0.3 is 10.6 Å². The lowest BCUT2D eigenvalue weighted by Crippen LogP contribution is -2.50. The van der Waals surface area contributed by atoms with Crippen molar-refractivity contribution in [2.24, 2.45) is 5.92 Å². The number of halogens is 3. The van der Waals surface area contributed by atoms with Gasteiger partial charge in [-0.05, 0) is 42.0 Å². The first-order chi connectivity index (χ1) is 12.6. The molecule has 1 heterocycles. The highest BCUT2D eigenvalue weighted by molar-refractivity contribution is 7.12. The molecule has 2 aromatic rings. The Kier molecular flexibility index (Phi) is 6.64. The molecule has 0 aliphatic heterocycles. The Morgan fingerprint density at radius 3 is 2.11 bits per heavy atom. The summed E-state index contributed by atoms with van der Waals surface area (Å²) in [6, 6.07) is 6.80. The molecule has 0 unspecified atom stereocenters. The van der Waals surface area contributed by atoms with E-state index < -0.39 is 23.8 Å². The average molecular weight is 398 g/mol. The quantitative estimate of drug-likeness (QED) is 0.758. The van der Waals surface area contributed by atoms with E-state index in [1.54, 1.807) is 24.4 Å². The Labute approximate surface area is 159 Å². The fraction of sp³-hybridized carbons (Fsp3) is 0.368. The second-order valence-corrected chi connectivity index (χ2v) is 7.47. The van der Waals surface area contributed by atoms with Gasteiger partial charge in [0.1, 0.15) is 6.04 Å². The summed E-state index contributed by atoms with van der Waals surface area (Å²) < 4.78 is 38.0. The van der Waals surface area contributed by atoms with Crippen molar-refractivity contribution < 1.29 is 22.8 Å². The number of carbonyl (C=O) groups is 2. The van der Waals surface area contributed by atoms with Crippen molar-refractivity contribution in [3.8, 4) is 0 Å². The van der Waals surface area contributed by atoms with Crippen LogP contribution in [0.1, 0.15) is 47.6 Å². The Morgan fingerprint density at radius 1 is 1.00 bits per heavy atom. The summed E-state index contributed by atoms with van der Waals surface area (Å²) in [5.41, 5.74) is -0.198. The molecule has 1 aromatic heterocycles. The van der Waals surface area contributed by atoms with E-state index in [0.29, 0.717) is 10.4 Å². The van der Waals surface area contributed by atoms with Gasteiger partial charge in [0, 0.05) is 0 Å². The average Bonchev–Trinajstić information content (AvgIpc) is 3.13. The van der Waals surface area contributed by atoms with E-state index in [2.05, 4.69) is 10.6 Å². The minimum absolute atomic E-state index is 0.159. The molecule has 0 aliphatic rings. The molecule has 0 radical (unpaired) electrons. The van der Waals surface area contributed by atoms with Crippen LogP contribution in [-0.4, -0.2) is 17.9 Å². The highest BCUT2D eigenvalue weighted by Gasteiger charge is 2.30. The molecule has 2 atom stereocenters. The van der Waals surface area contributed by atoms with E-state index in [-0.39, 0.29) is 17.7 Å². The number of rotatable bonds is 6. The van der Waals surface area contributed by atoms with Crippen LogP contribution in [0.25, 0.3) is 0 Å². The summed E-state index contributed by atoms with van der Waals surface area (Å²) in [6.07, 6.45) is -4.40. The molecule has 0 saturated carbocycles. The summed E-state index contributed by atoms with van der Waals surface area (Å²) in [7, 11) is 0. The second kappa shape index (κ2) is 8.56. The van der Waals surface area contributed by atoms with Crippen molar-refractivity contribution in [2.45, 2.75) is 39.0 Å². The van der Waals surface area contributed by atoms with E-state index in [1.807, 2.05) is 13.8 Å². The number of amides is 2. The number of hydrogen-bond acceptors (Lipinski definition) is 3. The molecule has 8 heteroatoms. The maximum atomic E-state index is 12.7. The molecule has 2 amide bonds. The van der Waals surface area contributed by atoms with E-state index in [1.165, 1.54) is 23.5 Å². The topological polar surface area (TPSA) is 58.2 Å². The summed E-state index contributed by atoms with van der Waals surface area (Å²) in [4.78, 5) is 25.3. The standard InChI is InChI=1S/C19H21F3N2O2S/c1-11(2)16(24-17(25)15-5-4-10-27-15)18(26)23-12(3)13-6-8-14(9-7-13)19(20,21)22/h4-12,16H,1-3H3,(H,23,26)(H,24,25)/t12-,16-/m1/s1. The molecule has 4 nitrogen and oxygen atoms in total. The summed E-state index contributed by atoms with van der Waals surface area (Å²) >= 11 is 1.27. The normalized spacial score (nSPS) is 13.9. The van der Waals surface area contributed by atoms with Gasteiger partial charge >= 0.3 is 6.18 Å². The van der Waals surface area contributed by atoms with Crippen LogP contribution in [0.15, 0.2) is 41.8 Å². The maximum absolute atomic E-state index is 12.7. The van der Waals surface area contributed by atoms with Crippen LogP contribution in [0, 0.1) is 5.92 Å². The third-order valence-electron chi connectivity index (χ3n) is 4.08. The minimum atomic E-state index is -4.40. The summed E-state index contributed by atoms with van der Waals surface area (Å²) in [5.74, 6) is -0.878. The number of carbonyl (C=O) groups excluding carboxylic acids is 2. The van der Waals surface area contributed by atoms with Crippen molar-refractivity contribution in [3.05, 3.63) is 57.8 Å². The molecule has 2 N–H and O–H groups in total. The Bertz CT molecular complexity index is 771. The van der Waals surface area contributed by atoms with Gasteiger partial charge in [-0.1, -0.05) is 32.0 Å². The van der Waals surface area contributed by atoms with Crippen LogP contribution in [0.4, 0.5) is 13.2 Å². The largest absolute Gasteiger partial charge is 0.416 e. The van der Waals surface area contributed by atoms with Gasteiger partial charge in [-0.2, -0.15) is 13.2 Å². The predicted octanol–water partition coefficient (Wildman–Crippen LogP) is 4.40. The number of hydrogen-bond donors (Lipinski definition) is 2. The molecular formula is C19H21F3N2O2S. The zero-order valence-electron chi connectivity index (χ0n) is 15.1. The smallest absolute Gasteiger partial charge is 0.348 e. The minimum Gasteiger partial charge on any atom is -0.348 e. The molecule has 146 valence electrons. The molecule has 27 heavy (non-hydrogen) atoms. The monoisotopic (exact) mass is 398 g/mol. The van der Waals surface area contributed by atoms with E-state index in [9.17, 15) is 22.8 Å². The molecule has 0 fully saturated rings. The van der Waals surface area contributed by atoms with Crippen molar-refractivity contribution >= 4 is 23.2 Å². The number of benzene rings is 1.